The van der Waals surface area contributed by atoms with Crippen LogP contribution in [0, 0.1) is 11.3 Å². The molecule has 0 spiro atoms. The lowest BCUT2D eigenvalue weighted by atomic mass is 9.99. The number of nitrogens with zero attached hydrogens (tertiary/aromatic N) is 2. The average Bonchev–Trinajstić information content (AvgIpc) is 3.51. The molecule has 5 rings (SSSR count). The smallest absolute Gasteiger partial charge is 0.140 e. The number of nitrogens with one attached hydrogen (secondary N) is 1. The number of nitriles is 1. The van der Waals surface area contributed by atoms with Gasteiger partial charge in [0.25, 0.3) is 0 Å². The number of H-pyrrole nitrogens is 1. The van der Waals surface area contributed by atoms with Crippen LogP contribution < -0.4 is 0 Å². The molecule has 0 saturated heterocycles. The van der Waals surface area contributed by atoms with E-state index in [-0.39, 0.29) is 0 Å². The molecule has 2 aromatic heterocycles. The number of hydrogen-bond donors (Lipinski definition) is 1. The van der Waals surface area contributed by atoms with Crippen molar-refractivity contribution in [3.05, 3.63) is 89.2 Å². The Morgan fingerprint density at radius 1 is 1.00 bits per heavy atom. The summed E-state index contributed by atoms with van der Waals surface area (Å²) in [7, 11) is 0. The van der Waals surface area contributed by atoms with Gasteiger partial charge in [-0.3, -0.25) is 0 Å². The van der Waals surface area contributed by atoms with Crippen LogP contribution in [0.2, 0.25) is 0 Å². The van der Waals surface area contributed by atoms with Crippen molar-refractivity contribution < 1.29 is 0 Å². The molecule has 0 bridgehead atoms. The number of aromatic nitrogens is 2. The lowest BCUT2D eigenvalue weighted by Gasteiger charge is -2.06. The fourth-order valence-corrected chi connectivity index (χ4v) is 3.80. The molecular formula is C24H19N3. The van der Waals surface area contributed by atoms with Gasteiger partial charge in [0.1, 0.15) is 11.8 Å². The first kappa shape index (κ1) is 15.8. The second kappa shape index (κ2) is 6.41. The Kier molecular flexibility index (Phi) is 3.76. The second-order valence-electron chi connectivity index (χ2n) is 7.23. The number of pyridine rings is 1. The molecular weight excluding hydrogens is 330 g/mol. The normalized spacial score (nSPS) is 13.6. The number of aromatic amines is 1. The summed E-state index contributed by atoms with van der Waals surface area (Å²) in [6.45, 7) is 0. The maximum atomic E-state index is 9.16. The Labute approximate surface area is 158 Å². The highest BCUT2D eigenvalue weighted by Crippen LogP contribution is 2.42. The molecule has 1 saturated carbocycles. The number of rotatable bonds is 4. The molecule has 0 aliphatic heterocycles. The summed E-state index contributed by atoms with van der Waals surface area (Å²) in [5, 5.41) is 10.4. The molecule has 0 atom stereocenters. The predicted octanol–water partition coefficient (Wildman–Crippen LogP) is 5.57. The molecule has 0 radical (unpaired) electrons. The second-order valence-corrected chi connectivity index (χ2v) is 7.23. The molecule has 1 aliphatic rings. The van der Waals surface area contributed by atoms with E-state index in [0.29, 0.717) is 12.1 Å². The molecule has 4 aromatic rings. The quantitative estimate of drug-likeness (QED) is 0.523. The van der Waals surface area contributed by atoms with Crippen molar-refractivity contribution in [2.24, 2.45) is 0 Å². The SMILES string of the molecule is N#Cc1cccc(Cc2c(-c3ccccc3)[nH]c3cc(C4CC4)ccc23)n1. The van der Waals surface area contributed by atoms with E-state index in [1.165, 1.54) is 40.4 Å². The molecule has 130 valence electrons. The lowest BCUT2D eigenvalue weighted by molar-refractivity contribution is 1.07. The third-order valence-electron chi connectivity index (χ3n) is 5.32. The van der Waals surface area contributed by atoms with E-state index in [9.17, 15) is 0 Å². The summed E-state index contributed by atoms with van der Waals surface area (Å²) in [6, 6.07) is 25.0. The van der Waals surface area contributed by atoms with E-state index < -0.39 is 0 Å². The van der Waals surface area contributed by atoms with Crippen LogP contribution in [0.15, 0.2) is 66.7 Å². The molecule has 1 aliphatic carbocycles. The van der Waals surface area contributed by atoms with Gasteiger partial charge in [-0.25, -0.2) is 4.98 Å². The number of fused-ring (bicyclic) bond motifs is 1. The minimum atomic E-state index is 0.463. The first-order valence-electron chi connectivity index (χ1n) is 9.38. The van der Waals surface area contributed by atoms with Crippen LogP contribution in [0.1, 0.15) is 41.3 Å². The lowest BCUT2D eigenvalue weighted by Crippen LogP contribution is -1.95. The average molecular weight is 349 g/mol. The Hall–Kier alpha value is -3.38. The van der Waals surface area contributed by atoms with Crippen LogP contribution in [0.4, 0.5) is 0 Å². The summed E-state index contributed by atoms with van der Waals surface area (Å²) >= 11 is 0. The van der Waals surface area contributed by atoms with Crippen LogP contribution in [-0.2, 0) is 6.42 Å². The Morgan fingerprint density at radius 2 is 1.85 bits per heavy atom. The van der Waals surface area contributed by atoms with Crippen molar-refractivity contribution in [2.45, 2.75) is 25.2 Å². The van der Waals surface area contributed by atoms with E-state index in [4.69, 9.17) is 5.26 Å². The number of hydrogen-bond acceptors (Lipinski definition) is 2. The summed E-state index contributed by atoms with van der Waals surface area (Å²) in [6.07, 6.45) is 3.30. The minimum Gasteiger partial charge on any atom is -0.354 e. The first-order valence-corrected chi connectivity index (χ1v) is 9.38. The number of benzene rings is 2. The maximum absolute atomic E-state index is 9.16. The van der Waals surface area contributed by atoms with Gasteiger partial charge < -0.3 is 4.98 Å². The van der Waals surface area contributed by atoms with Gasteiger partial charge in [-0.1, -0.05) is 48.5 Å². The Balaban J connectivity index is 1.66. The molecule has 3 heteroatoms. The zero-order valence-electron chi connectivity index (χ0n) is 14.9. The van der Waals surface area contributed by atoms with Crippen LogP contribution in [0.5, 0.6) is 0 Å². The highest BCUT2D eigenvalue weighted by molar-refractivity contribution is 5.91. The molecule has 0 amide bonds. The fourth-order valence-electron chi connectivity index (χ4n) is 3.80. The van der Waals surface area contributed by atoms with E-state index in [1.807, 2.05) is 18.2 Å². The first-order chi connectivity index (χ1) is 13.3. The van der Waals surface area contributed by atoms with Gasteiger partial charge in [0, 0.05) is 23.0 Å². The van der Waals surface area contributed by atoms with Crippen LogP contribution in [0.3, 0.4) is 0 Å². The monoisotopic (exact) mass is 349 g/mol. The van der Waals surface area contributed by atoms with Crippen molar-refractivity contribution in [1.82, 2.24) is 9.97 Å². The summed E-state index contributed by atoms with van der Waals surface area (Å²) in [5.74, 6) is 0.732. The fraction of sp³-hybridized carbons (Fsp3) is 0.167. The molecule has 27 heavy (non-hydrogen) atoms. The van der Waals surface area contributed by atoms with E-state index in [1.54, 1.807) is 6.07 Å². The molecule has 3 nitrogen and oxygen atoms in total. The zero-order valence-corrected chi connectivity index (χ0v) is 14.9. The summed E-state index contributed by atoms with van der Waals surface area (Å²) in [4.78, 5) is 8.15. The third kappa shape index (κ3) is 3.00. The van der Waals surface area contributed by atoms with Crippen molar-refractivity contribution in [2.75, 3.05) is 0 Å². The van der Waals surface area contributed by atoms with Gasteiger partial charge in [-0.2, -0.15) is 5.26 Å². The summed E-state index contributed by atoms with van der Waals surface area (Å²) in [5.41, 5.74) is 7.55. The van der Waals surface area contributed by atoms with Gasteiger partial charge in [0.2, 0.25) is 0 Å². The molecule has 1 N–H and O–H groups in total. The molecule has 0 unspecified atom stereocenters. The van der Waals surface area contributed by atoms with Gasteiger partial charge in [-0.05, 0) is 53.6 Å². The highest BCUT2D eigenvalue weighted by atomic mass is 14.7. The summed E-state index contributed by atoms with van der Waals surface area (Å²) < 4.78 is 0. The van der Waals surface area contributed by atoms with E-state index >= 15 is 0 Å². The van der Waals surface area contributed by atoms with Crippen LogP contribution in [-0.4, -0.2) is 9.97 Å². The van der Waals surface area contributed by atoms with Crippen molar-refractivity contribution >= 4 is 10.9 Å². The predicted molar refractivity (Wildman–Crippen MR) is 107 cm³/mol. The van der Waals surface area contributed by atoms with E-state index in [0.717, 1.165) is 17.3 Å². The minimum absolute atomic E-state index is 0.463. The molecule has 1 fully saturated rings. The highest BCUT2D eigenvalue weighted by Gasteiger charge is 2.24. The van der Waals surface area contributed by atoms with Gasteiger partial charge in [-0.15, -0.1) is 0 Å². The van der Waals surface area contributed by atoms with E-state index in [2.05, 4.69) is 58.5 Å². The standard InChI is InChI=1S/C24H19N3/c25-15-20-8-4-7-19(26-20)14-22-21-12-11-18(16-9-10-16)13-23(21)27-24(22)17-5-2-1-3-6-17/h1-8,11-13,16,27H,9-10,14H2. The van der Waals surface area contributed by atoms with Crippen LogP contribution >= 0.6 is 0 Å². The maximum Gasteiger partial charge on any atom is 0.140 e. The zero-order chi connectivity index (χ0) is 18.2. The third-order valence-corrected chi connectivity index (χ3v) is 5.32. The molecule has 2 heterocycles. The van der Waals surface area contributed by atoms with Gasteiger partial charge in [0.05, 0.1) is 5.69 Å². The Bertz CT molecular complexity index is 1160. The van der Waals surface area contributed by atoms with Crippen molar-refractivity contribution in [3.8, 4) is 17.3 Å². The topological polar surface area (TPSA) is 52.5 Å². The van der Waals surface area contributed by atoms with Crippen LogP contribution in [0.25, 0.3) is 22.2 Å². The van der Waals surface area contributed by atoms with Gasteiger partial charge in [0.15, 0.2) is 0 Å². The Morgan fingerprint density at radius 3 is 2.63 bits per heavy atom. The largest absolute Gasteiger partial charge is 0.354 e. The van der Waals surface area contributed by atoms with Crippen molar-refractivity contribution in [1.29, 1.82) is 5.26 Å². The van der Waals surface area contributed by atoms with Crippen molar-refractivity contribution in [3.63, 3.8) is 0 Å². The molecule has 2 aromatic carbocycles. The van der Waals surface area contributed by atoms with Gasteiger partial charge >= 0.3 is 0 Å².